The van der Waals surface area contributed by atoms with Gasteiger partial charge in [-0.05, 0) is 24.9 Å². The molecule has 0 aliphatic carbocycles. The number of carboxylic acids is 1. The number of aliphatic hydroxyl groups is 1. The number of benzene rings is 1. The molecule has 2 N–H and O–H groups in total. The Morgan fingerprint density at radius 1 is 1.55 bits per heavy atom. The largest absolute Gasteiger partial charge is 0.480 e. The highest BCUT2D eigenvalue weighted by Gasteiger charge is 2.31. The Balaban J connectivity index is 2.08. The van der Waals surface area contributed by atoms with Crippen molar-refractivity contribution in [3.05, 3.63) is 39.9 Å². The van der Waals surface area contributed by atoms with Crippen molar-refractivity contribution >= 4 is 11.7 Å². The highest BCUT2D eigenvalue weighted by molar-refractivity contribution is 5.73. The van der Waals surface area contributed by atoms with Crippen molar-refractivity contribution in [1.82, 2.24) is 4.90 Å². The van der Waals surface area contributed by atoms with Gasteiger partial charge in [0.1, 0.15) is 6.04 Å². The molecule has 1 aliphatic heterocycles. The van der Waals surface area contributed by atoms with Crippen molar-refractivity contribution in [2.24, 2.45) is 0 Å². The van der Waals surface area contributed by atoms with E-state index < -0.39 is 23.0 Å². The first-order chi connectivity index (χ1) is 9.49. The second-order valence-corrected chi connectivity index (χ2v) is 4.86. The van der Waals surface area contributed by atoms with Crippen molar-refractivity contribution < 1.29 is 19.9 Å². The van der Waals surface area contributed by atoms with Crippen LogP contribution in [0.1, 0.15) is 24.5 Å². The third-order valence-electron chi connectivity index (χ3n) is 3.52. The number of nitro groups is 1. The van der Waals surface area contributed by atoms with Crippen molar-refractivity contribution in [3.8, 4) is 0 Å². The van der Waals surface area contributed by atoms with E-state index in [2.05, 4.69) is 0 Å². The van der Waals surface area contributed by atoms with Crippen LogP contribution in [0.3, 0.4) is 0 Å². The Morgan fingerprint density at radius 2 is 2.30 bits per heavy atom. The first-order valence-electron chi connectivity index (χ1n) is 6.38. The quantitative estimate of drug-likeness (QED) is 0.620. The summed E-state index contributed by atoms with van der Waals surface area (Å²) < 4.78 is 0. The van der Waals surface area contributed by atoms with Crippen LogP contribution in [0.2, 0.25) is 0 Å². The van der Waals surface area contributed by atoms with Crippen LogP contribution in [0.25, 0.3) is 0 Å². The van der Waals surface area contributed by atoms with Gasteiger partial charge in [-0.15, -0.1) is 0 Å². The van der Waals surface area contributed by atoms with Crippen LogP contribution in [0.4, 0.5) is 5.69 Å². The van der Waals surface area contributed by atoms with Gasteiger partial charge in [-0.25, -0.2) is 0 Å². The third-order valence-corrected chi connectivity index (χ3v) is 3.52. The normalized spacial score (nSPS) is 20.8. The van der Waals surface area contributed by atoms with Crippen LogP contribution in [-0.4, -0.2) is 45.1 Å². The van der Waals surface area contributed by atoms with Crippen molar-refractivity contribution in [3.63, 3.8) is 0 Å². The number of hydrogen-bond acceptors (Lipinski definition) is 5. The second-order valence-electron chi connectivity index (χ2n) is 4.86. The van der Waals surface area contributed by atoms with E-state index >= 15 is 0 Å². The SMILES string of the molecule is O=C(O)C1CCCN1CC(O)c1cccc([N+](=O)[O-])c1. The minimum atomic E-state index is -0.935. The lowest BCUT2D eigenvalue weighted by atomic mass is 10.1. The number of aliphatic carboxylic acids is 1. The maximum Gasteiger partial charge on any atom is 0.320 e. The lowest BCUT2D eigenvalue weighted by Crippen LogP contribution is -2.38. The fraction of sp³-hybridized carbons (Fsp3) is 0.462. The molecule has 0 aromatic heterocycles. The number of likely N-dealkylation sites (tertiary alicyclic amines) is 1. The topological polar surface area (TPSA) is 104 Å². The van der Waals surface area contributed by atoms with E-state index in [0.29, 0.717) is 18.5 Å². The second kappa shape index (κ2) is 5.98. The molecule has 1 aromatic rings. The smallest absolute Gasteiger partial charge is 0.320 e. The summed E-state index contributed by atoms with van der Waals surface area (Å²) in [7, 11) is 0. The predicted octanol–water partition coefficient (Wildman–Crippen LogP) is 1.18. The number of hydrogen-bond donors (Lipinski definition) is 2. The fourth-order valence-electron chi connectivity index (χ4n) is 2.50. The van der Waals surface area contributed by atoms with Crippen LogP contribution in [0, 0.1) is 10.1 Å². The van der Waals surface area contributed by atoms with Gasteiger partial charge in [0.15, 0.2) is 0 Å². The van der Waals surface area contributed by atoms with Crippen LogP contribution >= 0.6 is 0 Å². The minimum absolute atomic E-state index is 0.0854. The molecule has 0 radical (unpaired) electrons. The Kier molecular flexibility index (Phi) is 4.31. The lowest BCUT2D eigenvalue weighted by Gasteiger charge is -2.24. The summed E-state index contributed by atoms with van der Waals surface area (Å²) in [5, 5.41) is 29.9. The minimum Gasteiger partial charge on any atom is -0.480 e. The van der Waals surface area contributed by atoms with Gasteiger partial charge in [0.25, 0.3) is 5.69 Å². The summed E-state index contributed by atoms with van der Waals surface area (Å²) in [6.45, 7) is 0.779. The van der Waals surface area contributed by atoms with Gasteiger partial charge in [-0.2, -0.15) is 0 Å². The molecule has 0 spiro atoms. The highest BCUT2D eigenvalue weighted by atomic mass is 16.6. The molecule has 108 valence electrons. The van der Waals surface area contributed by atoms with E-state index in [0.717, 1.165) is 6.42 Å². The third kappa shape index (κ3) is 3.12. The number of carboxylic acid groups (broad SMARTS) is 1. The number of rotatable bonds is 5. The number of nitrogens with zero attached hydrogens (tertiary/aromatic N) is 2. The number of β-amino-alcohol motifs (C(OH)–C–C–N with tert-alkyl or cyclic N) is 1. The van der Waals surface area contributed by atoms with Crippen molar-refractivity contribution in [2.45, 2.75) is 25.0 Å². The molecular formula is C13H16N2O5. The monoisotopic (exact) mass is 280 g/mol. The molecule has 7 nitrogen and oxygen atoms in total. The first kappa shape index (κ1) is 14.4. The molecular weight excluding hydrogens is 264 g/mol. The molecule has 1 fully saturated rings. The van der Waals surface area contributed by atoms with Crippen LogP contribution in [0.15, 0.2) is 24.3 Å². The average molecular weight is 280 g/mol. The molecule has 1 aromatic carbocycles. The van der Waals surface area contributed by atoms with Gasteiger partial charge in [0.05, 0.1) is 11.0 Å². The summed E-state index contributed by atoms with van der Waals surface area (Å²) in [4.78, 5) is 22.9. The average Bonchev–Trinajstić information content (AvgIpc) is 2.87. The number of aliphatic hydroxyl groups excluding tert-OH is 1. The summed E-state index contributed by atoms with van der Waals surface area (Å²) in [5.41, 5.74) is 0.341. The molecule has 0 bridgehead atoms. The van der Waals surface area contributed by atoms with E-state index in [9.17, 15) is 20.0 Å². The molecule has 0 amide bonds. The molecule has 2 atom stereocenters. The maximum atomic E-state index is 11.1. The molecule has 1 heterocycles. The Morgan fingerprint density at radius 3 is 2.95 bits per heavy atom. The van der Waals surface area contributed by atoms with Gasteiger partial charge in [-0.1, -0.05) is 12.1 Å². The lowest BCUT2D eigenvalue weighted by molar-refractivity contribution is -0.385. The maximum absolute atomic E-state index is 11.1. The van der Waals surface area contributed by atoms with E-state index in [1.54, 1.807) is 11.0 Å². The van der Waals surface area contributed by atoms with Gasteiger partial charge in [0.2, 0.25) is 0 Å². The zero-order valence-electron chi connectivity index (χ0n) is 10.8. The molecule has 20 heavy (non-hydrogen) atoms. The van der Waals surface area contributed by atoms with E-state index in [-0.39, 0.29) is 12.2 Å². The van der Waals surface area contributed by atoms with E-state index in [4.69, 9.17) is 5.11 Å². The zero-order valence-corrected chi connectivity index (χ0v) is 10.8. The number of carbonyl (C=O) groups is 1. The van der Waals surface area contributed by atoms with Crippen molar-refractivity contribution in [2.75, 3.05) is 13.1 Å². The van der Waals surface area contributed by atoms with Crippen LogP contribution < -0.4 is 0 Å². The molecule has 2 unspecified atom stereocenters. The van der Waals surface area contributed by atoms with E-state index in [1.165, 1.54) is 18.2 Å². The Bertz CT molecular complexity index is 519. The van der Waals surface area contributed by atoms with Gasteiger partial charge >= 0.3 is 5.97 Å². The van der Waals surface area contributed by atoms with Crippen LogP contribution in [0.5, 0.6) is 0 Å². The summed E-state index contributed by atoms with van der Waals surface area (Å²) in [5.74, 6) is -0.895. The van der Waals surface area contributed by atoms with Gasteiger partial charge in [-0.3, -0.25) is 19.8 Å². The zero-order chi connectivity index (χ0) is 14.7. The first-order valence-corrected chi connectivity index (χ1v) is 6.38. The fourth-order valence-corrected chi connectivity index (χ4v) is 2.50. The molecule has 2 rings (SSSR count). The molecule has 1 saturated heterocycles. The molecule has 7 heteroatoms. The summed E-state index contributed by atoms with van der Waals surface area (Å²) in [6, 6.07) is 5.20. The summed E-state index contributed by atoms with van der Waals surface area (Å²) >= 11 is 0. The molecule has 1 aliphatic rings. The van der Waals surface area contributed by atoms with Crippen molar-refractivity contribution in [1.29, 1.82) is 0 Å². The van der Waals surface area contributed by atoms with E-state index in [1.807, 2.05) is 0 Å². The molecule has 0 saturated carbocycles. The Hall–Kier alpha value is -1.99. The number of nitro benzene ring substituents is 1. The van der Waals surface area contributed by atoms with Gasteiger partial charge in [0, 0.05) is 18.7 Å². The Labute approximate surface area is 115 Å². The highest BCUT2D eigenvalue weighted by Crippen LogP contribution is 2.24. The van der Waals surface area contributed by atoms with Crippen LogP contribution in [-0.2, 0) is 4.79 Å². The number of non-ortho nitro benzene ring substituents is 1. The van der Waals surface area contributed by atoms with Gasteiger partial charge < -0.3 is 10.2 Å². The standard InChI is InChI=1S/C13H16N2O5/c16-12(8-14-6-2-5-11(14)13(17)18)9-3-1-4-10(7-9)15(19)20/h1,3-4,7,11-12,16H,2,5-6,8H2,(H,17,18). The summed E-state index contributed by atoms with van der Waals surface area (Å²) in [6.07, 6.45) is 0.408. The predicted molar refractivity (Wildman–Crippen MR) is 70.3 cm³/mol.